The van der Waals surface area contributed by atoms with Crippen LogP contribution in [0.4, 0.5) is 0 Å². The van der Waals surface area contributed by atoms with Gasteiger partial charge in [-0.2, -0.15) is 0 Å². The lowest BCUT2D eigenvalue weighted by Gasteiger charge is -2.22. The summed E-state index contributed by atoms with van der Waals surface area (Å²) < 4.78 is 16.5. The van der Waals surface area contributed by atoms with Crippen LogP contribution >= 0.6 is 0 Å². The summed E-state index contributed by atoms with van der Waals surface area (Å²) in [5.74, 6) is -10.8. The summed E-state index contributed by atoms with van der Waals surface area (Å²) in [6.07, 6.45) is -3.85. The molecule has 4 atom stereocenters. The van der Waals surface area contributed by atoms with Gasteiger partial charge in [-0.15, -0.1) is 0 Å². The standard InChI is InChI=1S/C36H30O16/c37-20-6-1-16(11-24(20)41)13-27(34(45)46)50-29(44)10-5-18-3-9-23(40)33-30(18)31(32(52-33)19-4-8-22(39)26(43)15-19)36(49)51-28(35(47)48)14-17-2-7-21(38)25(42)12-17/h1-12,15,27-28,31-32,37-43H,13-14H2,(H,45,46)(H,47,48)/b10-5-/t27-,28-,31-,32+/m1/s1. The summed E-state index contributed by atoms with van der Waals surface area (Å²) in [6.45, 7) is 0. The Kier molecular flexibility index (Phi) is 10.3. The molecule has 4 aromatic rings. The van der Waals surface area contributed by atoms with E-state index >= 15 is 0 Å². The van der Waals surface area contributed by atoms with Crippen molar-refractivity contribution in [1.82, 2.24) is 0 Å². The van der Waals surface area contributed by atoms with E-state index in [1.807, 2.05) is 0 Å². The van der Waals surface area contributed by atoms with Gasteiger partial charge in [-0.25, -0.2) is 14.4 Å². The maximum absolute atomic E-state index is 13.9. The SMILES string of the molecule is O=C(/C=C\c1ccc(O)c2c1[C@@H](C(=O)O[C@H](Cc1ccc(O)c(O)c1)C(=O)O)[C@H](c1ccc(O)c(O)c1)O2)O[C@H](Cc1ccc(O)c(O)c1)C(=O)O. The molecule has 270 valence electrons. The van der Waals surface area contributed by atoms with E-state index in [-0.39, 0.29) is 40.0 Å². The first-order valence-electron chi connectivity index (χ1n) is 15.2. The van der Waals surface area contributed by atoms with Gasteiger partial charge in [-0.3, -0.25) is 4.79 Å². The fourth-order valence-electron chi connectivity index (χ4n) is 5.49. The number of carbonyl (C=O) groups is 4. The number of carbonyl (C=O) groups excluding carboxylic acids is 2. The lowest BCUT2D eigenvalue weighted by atomic mass is 9.87. The predicted molar refractivity (Wildman–Crippen MR) is 175 cm³/mol. The number of phenols is 7. The molecule has 0 saturated heterocycles. The van der Waals surface area contributed by atoms with Gasteiger partial charge in [0.2, 0.25) is 12.2 Å². The fourth-order valence-corrected chi connectivity index (χ4v) is 5.49. The van der Waals surface area contributed by atoms with Crippen LogP contribution in [0.15, 0.2) is 72.8 Å². The summed E-state index contributed by atoms with van der Waals surface area (Å²) in [5, 5.41) is 89.1. The van der Waals surface area contributed by atoms with E-state index in [0.29, 0.717) is 0 Å². The Morgan fingerprint density at radius 2 is 1.13 bits per heavy atom. The summed E-state index contributed by atoms with van der Waals surface area (Å²) >= 11 is 0. The maximum Gasteiger partial charge on any atom is 0.345 e. The number of fused-ring (bicyclic) bond motifs is 1. The van der Waals surface area contributed by atoms with Crippen molar-refractivity contribution in [3.8, 4) is 46.0 Å². The van der Waals surface area contributed by atoms with Crippen molar-refractivity contribution in [3.63, 3.8) is 0 Å². The van der Waals surface area contributed by atoms with E-state index in [9.17, 15) is 65.1 Å². The molecule has 1 aliphatic heterocycles. The van der Waals surface area contributed by atoms with Gasteiger partial charge in [0.1, 0.15) is 12.0 Å². The van der Waals surface area contributed by atoms with Gasteiger partial charge >= 0.3 is 23.9 Å². The molecule has 0 saturated carbocycles. The minimum atomic E-state index is -1.84. The Labute approximate surface area is 292 Å². The molecular formula is C36H30O16. The van der Waals surface area contributed by atoms with E-state index < -0.39 is 94.8 Å². The smallest absolute Gasteiger partial charge is 0.345 e. The van der Waals surface area contributed by atoms with Gasteiger partial charge in [0.05, 0.1) is 0 Å². The number of rotatable bonds is 12. The van der Waals surface area contributed by atoms with E-state index in [1.165, 1.54) is 24.3 Å². The molecule has 4 aromatic carbocycles. The number of carboxylic acid groups (broad SMARTS) is 2. The highest BCUT2D eigenvalue weighted by molar-refractivity contribution is 5.92. The highest BCUT2D eigenvalue weighted by Gasteiger charge is 2.46. The third-order valence-electron chi connectivity index (χ3n) is 8.04. The van der Waals surface area contributed by atoms with Crippen LogP contribution in [0.5, 0.6) is 46.0 Å². The van der Waals surface area contributed by atoms with Crippen molar-refractivity contribution >= 4 is 30.0 Å². The minimum absolute atomic E-state index is 0.0443. The van der Waals surface area contributed by atoms with E-state index in [4.69, 9.17) is 14.2 Å². The average Bonchev–Trinajstić information content (AvgIpc) is 3.50. The van der Waals surface area contributed by atoms with Crippen LogP contribution in [-0.4, -0.2) is 82.0 Å². The zero-order valence-corrected chi connectivity index (χ0v) is 26.6. The molecular weight excluding hydrogens is 688 g/mol. The molecule has 16 heteroatoms. The number of aromatic hydroxyl groups is 7. The molecule has 1 heterocycles. The fraction of sp³-hybridized carbons (Fsp3) is 0.167. The van der Waals surface area contributed by atoms with Crippen molar-refractivity contribution < 1.29 is 79.3 Å². The van der Waals surface area contributed by atoms with E-state index in [1.54, 1.807) is 0 Å². The third-order valence-corrected chi connectivity index (χ3v) is 8.04. The number of esters is 2. The van der Waals surface area contributed by atoms with Gasteiger partial charge in [-0.05, 0) is 70.8 Å². The van der Waals surface area contributed by atoms with Gasteiger partial charge in [0, 0.05) is 24.5 Å². The summed E-state index contributed by atoms with van der Waals surface area (Å²) in [6, 6.07) is 13.0. The lowest BCUT2D eigenvalue weighted by Crippen LogP contribution is -2.33. The first kappa shape index (κ1) is 36.2. The Bertz CT molecular complexity index is 2090. The first-order chi connectivity index (χ1) is 24.6. The molecule has 16 nitrogen and oxygen atoms in total. The van der Waals surface area contributed by atoms with Crippen molar-refractivity contribution in [2.24, 2.45) is 0 Å². The van der Waals surface area contributed by atoms with Crippen LogP contribution in [0.2, 0.25) is 0 Å². The summed E-state index contributed by atoms with van der Waals surface area (Å²) in [5.41, 5.74) is 0.445. The molecule has 52 heavy (non-hydrogen) atoms. The number of hydrogen-bond donors (Lipinski definition) is 9. The molecule has 0 fully saturated rings. The normalized spacial score (nSPS) is 16.0. The Morgan fingerprint density at radius 3 is 1.65 bits per heavy atom. The van der Waals surface area contributed by atoms with Crippen molar-refractivity contribution in [3.05, 3.63) is 101 Å². The largest absolute Gasteiger partial charge is 0.504 e. The van der Waals surface area contributed by atoms with Gasteiger partial charge in [0.15, 0.2) is 46.0 Å². The summed E-state index contributed by atoms with van der Waals surface area (Å²) in [7, 11) is 0. The number of aliphatic carboxylic acids is 2. The number of benzene rings is 4. The topological polar surface area (TPSA) is 278 Å². The zero-order chi connectivity index (χ0) is 37.9. The minimum Gasteiger partial charge on any atom is -0.504 e. The molecule has 0 spiro atoms. The van der Waals surface area contributed by atoms with Gasteiger partial charge < -0.3 is 60.2 Å². The number of carboxylic acids is 2. The van der Waals surface area contributed by atoms with Crippen molar-refractivity contribution in [1.29, 1.82) is 0 Å². The number of ether oxygens (including phenoxy) is 3. The second-order valence-corrected chi connectivity index (χ2v) is 11.6. The van der Waals surface area contributed by atoms with Gasteiger partial charge in [-0.1, -0.05) is 24.3 Å². The summed E-state index contributed by atoms with van der Waals surface area (Å²) in [4.78, 5) is 50.9. The quantitative estimate of drug-likeness (QED) is 0.0577. The van der Waals surface area contributed by atoms with Crippen LogP contribution in [0.1, 0.15) is 39.8 Å². The molecule has 0 amide bonds. The molecule has 1 aliphatic rings. The van der Waals surface area contributed by atoms with E-state index in [2.05, 4.69) is 0 Å². The molecule has 0 radical (unpaired) electrons. The molecule has 5 rings (SSSR count). The third kappa shape index (κ3) is 7.86. The Balaban J connectivity index is 1.47. The highest BCUT2D eigenvalue weighted by atomic mass is 16.6. The van der Waals surface area contributed by atoms with Crippen LogP contribution < -0.4 is 4.74 Å². The Hall–Kier alpha value is -7.10. The number of hydrogen-bond acceptors (Lipinski definition) is 14. The van der Waals surface area contributed by atoms with Crippen LogP contribution in [0, 0.1) is 0 Å². The van der Waals surface area contributed by atoms with Crippen LogP contribution in [0.25, 0.3) is 6.08 Å². The van der Waals surface area contributed by atoms with Crippen molar-refractivity contribution in [2.45, 2.75) is 37.1 Å². The second-order valence-electron chi connectivity index (χ2n) is 11.6. The highest BCUT2D eigenvalue weighted by Crippen LogP contribution is 2.53. The molecule has 0 unspecified atom stereocenters. The monoisotopic (exact) mass is 718 g/mol. The molecule has 0 bridgehead atoms. The predicted octanol–water partition coefficient (Wildman–Crippen LogP) is 3.33. The van der Waals surface area contributed by atoms with E-state index in [0.717, 1.165) is 54.6 Å². The van der Waals surface area contributed by atoms with Gasteiger partial charge in [0.25, 0.3) is 0 Å². The molecule has 0 aliphatic carbocycles. The van der Waals surface area contributed by atoms with Crippen LogP contribution in [0.3, 0.4) is 0 Å². The van der Waals surface area contributed by atoms with Crippen LogP contribution in [-0.2, 0) is 41.5 Å². The zero-order valence-electron chi connectivity index (χ0n) is 26.6. The molecule has 9 N–H and O–H groups in total. The van der Waals surface area contributed by atoms with Crippen molar-refractivity contribution in [2.75, 3.05) is 0 Å². The average molecular weight is 719 g/mol. The Morgan fingerprint density at radius 1 is 0.635 bits per heavy atom. The molecule has 0 aromatic heterocycles. The number of phenolic OH excluding ortho intramolecular Hbond substituents is 7. The second kappa shape index (κ2) is 14.8. The first-order valence-corrected chi connectivity index (χ1v) is 15.2. The lowest BCUT2D eigenvalue weighted by molar-refractivity contribution is -0.166. The maximum atomic E-state index is 13.9.